The molecule has 0 bridgehead atoms. The number of hydrogen-bond acceptors (Lipinski definition) is 12. The first-order valence-corrected chi connectivity index (χ1v) is 16.6. The van der Waals surface area contributed by atoms with Crippen LogP contribution in [-0.4, -0.2) is 100 Å². The van der Waals surface area contributed by atoms with Crippen molar-refractivity contribution in [3.63, 3.8) is 0 Å². The van der Waals surface area contributed by atoms with E-state index in [0.29, 0.717) is 54.1 Å². The molecular weight excluding hydrogens is 600 g/mol. The molecule has 0 radical (unpaired) electrons. The van der Waals surface area contributed by atoms with Crippen molar-refractivity contribution >= 4 is 17.6 Å². The second-order valence-corrected chi connectivity index (χ2v) is 13.9. The number of fused-ring (bicyclic) bond motifs is 5. The van der Waals surface area contributed by atoms with Gasteiger partial charge in [0.1, 0.15) is 30.1 Å². The number of nitrogens with zero attached hydrogens (tertiary/aromatic N) is 7. The molecule has 0 saturated carbocycles. The third-order valence-corrected chi connectivity index (χ3v) is 11.3. The van der Waals surface area contributed by atoms with Gasteiger partial charge in [0.2, 0.25) is 5.88 Å². The molecule has 3 N–H and O–H groups in total. The van der Waals surface area contributed by atoms with E-state index in [-0.39, 0.29) is 25.4 Å². The van der Waals surface area contributed by atoms with Gasteiger partial charge in [-0.15, -0.1) is 0 Å². The molecule has 13 heteroatoms. The molecule has 3 saturated heterocycles. The number of cyclic esters (lactones) is 1. The number of rotatable bonds is 6. The number of aliphatic hydroxyl groups is 1. The first kappa shape index (κ1) is 30.0. The van der Waals surface area contributed by atoms with Crippen LogP contribution in [0.3, 0.4) is 0 Å². The van der Waals surface area contributed by atoms with E-state index < -0.39 is 17.0 Å². The Labute approximate surface area is 273 Å². The maximum Gasteiger partial charge on any atom is 0.410 e. The lowest BCUT2D eigenvalue weighted by molar-refractivity contribution is 0.0763. The molecule has 2 aliphatic carbocycles. The summed E-state index contributed by atoms with van der Waals surface area (Å²) in [6, 6.07) is 8.34. The Hall–Kier alpha value is -4.41. The third kappa shape index (κ3) is 4.56. The molecule has 5 aliphatic rings. The lowest BCUT2D eigenvalue weighted by Crippen LogP contribution is -2.63. The number of benzene rings is 1. The van der Waals surface area contributed by atoms with E-state index in [2.05, 4.69) is 35.0 Å². The number of amides is 1. The smallest absolute Gasteiger partial charge is 0.410 e. The van der Waals surface area contributed by atoms with Crippen LogP contribution in [0.15, 0.2) is 22.7 Å². The number of likely N-dealkylation sites (N-methyl/N-ethyl adjacent to an activating group) is 1. The van der Waals surface area contributed by atoms with Gasteiger partial charge >= 0.3 is 6.09 Å². The summed E-state index contributed by atoms with van der Waals surface area (Å²) in [5.41, 5.74) is 9.61. The van der Waals surface area contributed by atoms with E-state index in [1.54, 1.807) is 4.90 Å². The minimum absolute atomic E-state index is 0.112. The van der Waals surface area contributed by atoms with Crippen LogP contribution in [0.5, 0.6) is 5.88 Å². The summed E-state index contributed by atoms with van der Waals surface area (Å²) in [6.45, 7) is 4.24. The summed E-state index contributed by atoms with van der Waals surface area (Å²) in [4.78, 5) is 28.4. The van der Waals surface area contributed by atoms with Gasteiger partial charge in [-0.3, -0.25) is 9.80 Å². The third-order valence-electron chi connectivity index (χ3n) is 11.3. The summed E-state index contributed by atoms with van der Waals surface area (Å²) in [5.74, 6) is 2.23. The largest absolute Gasteiger partial charge is 0.473 e. The maximum atomic E-state index is 12.4. The maximum absolute atomic E-state index is 12.4. The van der Waals surface area contributed by atoms with Crippen molar-refractivity contribution in [2.45, 2.75) is 75.0 Å². The van der Waals surface area contributed by atoms with Crippen LogP contribution in [0.4, 0.5) is 16.3 Å². The number of hydrogen-bond donors (Lipinski definition) is 2. The number of carbonyl (C=O) groups excluding carboxylic acids is 1. The van der Waals surface area contributed by atoms with E-state index >= 15 is 0 Å². The van der Waals surface area contributed by atoms with Gasteiger partial charge in [0, 0.05) is 43.0 Å². The zero-order valence-corrected chi connectivity index (χ0v) is 26.9. The minimum atomic E-state index is -0.850. The number of nitrogens with two attached hydrogens (primary N) is 1. The van der Waals surface area contributed by atoms with Crippen molar-refractivity contribution in [3.8, 4) is 23.5 Å². The Kier molecular flexibility index (Phi) is 7.07. The fourth-order valence-electron chi connectivity index (χ4n) is 8.84. The molecule has 5 heterocycles. The molecule has 4 atom stereocenters. The number of aromatic nitrogens is 3. The van der Waals surface area contributed by atoms with Crippen molar-refractivity contribution < 1.29 is 23.9 Å². The normalized spacial score (nSPS) is 27.4. The van der Waals surface area contributed by atoms with Crippen molar-refractivity contribution in [3.05, 3.63) is 46.2 Å². The molecule has 13 nitrogen and oxygen atoms in total. The quantitative estimate of drug-likeness (QED) is 0.379. The molecule has 1 aromatic carbocycles. The topological polar surface area (TPSA) is 167 Å². The Bertz CT molecular complexity index is 1790. The number of nitrogen functional groups attached to an aromatic ring is 1. The van der Waals surface area contributed by atoms with Crippen molar-refractivity contribution in [1.82, 2.24) is 24.9 Å². The average Bonchev–Trinajstić information content (AvgIpc) is 3.87. The van der Waals surface area contributed by atoms with Crippen molar-refractivity contribution in [2.24, 2.45) is 0 Å². The predicted molar refractivity (Wildman–Crippen MR) is 171 cm³/mol. The van der Waals surface area contributed by atoms with Crippen molar-refractivity contribution in [1.29, 1.82) is 5.26 Å². The molecule has 3 fully saturated rings. The molecule has 2 aromatic heterocycles. The summed E-state index contributed by atoms with van der Waals surface area (Å²) >= 11 is 0. The molecule has 1 amide bonds. The van der Waals surface area contributed by atoms with Crippen LogP contribution in [-0.2, 0) is 23.0 Å². The number of aryl methyl sites for hydroxylation is 1. The number of anilines is 2. The first-order valence-electron chi connectivity index (χ1n) is 16.6. The number of nitriles is 1. The minimum Gasteiger partial charge on any atom is -0.473 e. The average molecular weight is 641 g/mol. The van der Waals surface area contributed by atoms with Gasteiger partial charge in [0.15, 0.2) is 17.3 Å². The second kappa shape index (κ2) is 11.1. The highest BCUT2D eigenvalue weighted by atomic mass is 16.6. The van der Waals surface area contributed by atoms with Crippen LogP contribution in [0.25, 0.3) is 11.5 Å². The van der Waals surface area contributed by atoms with Crippen LogP contribution >= 0.6 is 0 Å². The highest BCUT2D eigenvalue weighted by Crippen LogP contribution is 2.54. The molecular formula is C34H40N8O5. The van der Waals surface area contributed by atoms with Crippen LogP contribution in [0.1, 0.15) is 67.0 Å². The number of aliphatic hydroxyl groups excluding tert-OH is 1. The standard InChI is InChI=1S/C34H40N8O5/c1-20(25-6-4-12-40(25)2)46-27-15-26(41-13-14-42-32(44)45-19-33(42,17-41)18-43)37-31(38-27)29-22-5-3-10-34(30(22)47-39-29)11-9-21-7-8-24(36)23(16-35)28(21)34/h7-8,15,20,25,43H,3-6,9-14,17-19,36H2,1-2H3/t20-,25-,33?,34?/m0/s1. The van der Waals surface area contributed by atoms with E-state index in [1.165, 1.54) is 0 Å². The predicted octanol–water partition coefficient (Wildman–Crippen LogP) is 3.02. The van der Waals surface area contributed by atoms with E-state index in [1.807, 2.05) is 18.2 Å². The number of carbonyl (C=O) groups is 1. The fraction of sp³-hybridized carbons (Fsp3) is 0.559. The summed E-state index contributed by atoms with van der Waals surface area (Å²) < 4.78 is 18.1. The molecule has 3 aliphatic heterocycles. The van der Waals surface area contributed by atoms with Gasteiger partial charge < -0.3 is 29.7 Å². The van der Waals surface area contributed by atoms with E-state index in [9.17, 15) is 15.2 Å². The SMILES string of the molecule is C[C@H](Oc1cc(N2CCN3C(=O)OCC3(CO)C2)nc(-c2noc3c2CCCC32CCc3ccc(N)c(C#N)c32)n1)[C@@H]1CCCN1C. The zero-order chi connectivity index (χ0) is 32.5. The number of ether oxygens (including phenoxy) is 2. The molecule has 8 rings (SSSR count). The fourth-order valence-corrected chi connectivity index (χ4v) is 8.84. The van der Waals surface area contributed by atoms with Gasteiger partial charge in [-0.2, -0.15) is 10.2 Å². The lowest BCUT2D eigenvalue weighted by atomic mass is 9.68. The monoisotopic (exact) mass is 640 g/mol. The van der Waals surface area contributed by atoms with Crippen molar-refractivity contribution in [2.75, 3.05) is 57.1 Å². The van der Waals surface area contributed by atoms with Gasteiger partial charge in [-0.25, -0.2) is 9.78 Å². The van der Waals surface area contributed by atoms with E-state index in [4.69, 9.17) is 29.7 Å². The van der Waals surface area contributed by atoms with Crippen LogP contribution in [0.2, 0.25) is 0 Å². The molecule has 246 valence electrons. The van der Waals surface area contributed by atoms with Gasteiger partial charge in [0.05, 0.1) is 17.6 Å². The second-order valence-electron chi connectivity index (χ2n) is 13.9. The Morgan fingerprint density at radius 1 is 1.21 bits per heavy atom. The number of piperazine rings is 1. The Morgan fingerprint density at radius 3 is 2.87 bits per heavy atom. The highest BCUT2D eigenvalue weighted by molar-refractivity contribution is 5.72. The molecule has 3 aromatic rings. The molecule has 1 spiro atoms. The molecule has 2 unspecified atom stereocenters. The molecule has 47 heavy (non-hydrogen) atoms. The highest BCUT2D eigenvalue weighted by Gasteiger charge is 2.52. The van der Waals surface area contributed by atoms with Crippen LogP contribution < -0.4 is 15.4 Å². The zero-order valence-electron chi connectivity index (χ0n) is 26.9. The van der Waals surface area contributed by atoms with Gasteiger partial charge in [-0.05, 0) is 82.7 Å². The van der Waals surface area contributed by atoms with Gasteiger partial charge in [0.25, 0.3) is 0 Å². The van der Waals surface area contributed by atoms with Crippen LogP contribution in [0, 0.1) is 11.3 Å². The number of likely N-dealkylation sites (tertiary alicyclic amines) is 1. The summed E-state index contributed by atoms with van der Waals surface area (Å²) in [7, 11) is 2.12. The first-order chi connectivity index (χ1) is 22.8. The lowest BCUT2D eigenvalue weighted by Gasteiger charge is -2.44. The van der Waals surface area contributed by atoms with Gasteiger partial charge in [-0.1, -0.05) is 11.2 Å². The Morgan fingerprint density at radius 2 is 2.09 bits per heavy atom. The Balaban J connectivity index is 1.21. The van der Waals surface area contributed by atoms with E-state index in [0.717, 1.165) is 73.9 Å². The summed E-state index contributed by atoms with van der Waals surface area (Å²) in [6.07, 6.45) is 5.79. The summed E-state index contributed by atoms with van der Waals surface area (Å²) in [5, 5.41) is 25.1.